The average Bonchev–Trinajstić information content (AvgIpc) is 3.17. The molecule has 13 heteroatoms. The van der Waals surface area contributed by atoms with Crippen molar-refractivity contribution in [1.82, 2.24) is 20.3 Å². The first kappa shape index (κ1) is 24.6. The predicted molar refractivity (Wildman–Crippen MR) is 98.9 cm³/mol. The molecule has 1 aromatic rings. The molecule has 1 aliphatic heterocycles. The van der Waals surface area contributed by atoms with Gasteiger partial charge < -0.3 is 44.7 Å². The lowest BCUT2D eigenvalue weighted by Crippen LogP contribution is -2.64. The standard InChI is InChI=1S/C17H30N4O9/c1-11(24)18-14-16(26)15(25)13(9-23)30-17(14)29-10-12-8-21(20-19-12)2-4-27-6-7-28-5-3-22/h8,13-17,22-23,25-26H,2-7,9-10H2,1H3,(H,18,24)/t13-,14-,15+,16-,17+/m1/s1. The molecule has 0 radical (unpaired) electrons. The third-order valence-electron chi connectivity index (χ3n) is 4.30. The molecule has 1 aromatic heterocycles. The van der Waals surface area contributed by atoms with Gasteiger partial charge in [-0.2, -0.15) is 0 Å². The third kappa shape index (κ3) is 7.52. The van der Waals surface area contributed by atoms with E-state index in [0.717, 1.165) is 0 Å². The fourth-order valence-electron chi connectivity index (χ4n) is 2.84. The van der Waals surface area contributed by atoms with Gasteiger partial charge in [0, 0.05) is 6.92 Å². The summed E-state index contributed by atoms with van der Waals surface area (Å²) in [5.41, 5.74) is 0.479. The molecule has 1 aliphatic rings. The maximum Gasteiger partial charge on any atom is 0.217 e. The van der Waals surface area contributed by atoms with Crippen molar-refractivity contribution >= 4 is 5.91 Å². The van der Waals surface area contributed by atoms with E-state index in [0.29, 0.717) is 32.1 Å². The highest BCUT2D eigenvalue weighted by molar-refractivity contribution is 5.73. The van der Waals surface area contributed by atoms with Crippen LogP contribution in [-0.4, -0.2) is 112 Å². The van der Waals surface area contributed by atoms with Gasteiger partial charge in [-0.3, -0.25) is 4.79 Å². The summed E-state index contributed by atoms with van der Waals surface area (Å²) in [5, 5.41) is 48.6. The zero-order valence-corrected chi connectivity index (χ0v) is 16.8. The number of hydrogen-bond acceptors (Lipinski definition) is 11. The van der Waals surface area contributed by atoms with Crippen molar-refractivity contribution in [3.8, 4) is 0 Å². The van der Waals surface area contributed by atoms with Gasteiger partial charge in [0.15, 0.2) is 6.29 Å². The summed E-state index contributed by atoms with van der Waals surface area (Å²) in [4.78, 5) is 11.4. The van der Waals surface area contributed by atoms with E-state index < -0.39 is 43.2 Å². The van der Waals surface area contributed by atoms with Crippen molar-refractivity contribution < 1.29 is 44.2 Å². The van der Waals surface area contributed by atoms with Gasteiger partial charge in [0.05, 0.1) is 59.0 Å². The number of rotatable bonds is 13. The van der Waals surface area contributed by atoms with E-state index in [1.165, 1.54) is 6.92 Å². The van der Waals surface area contributed by atoms with Crippen LogP contribution in [0.4, 0.5) is 0 Å². The molecule has 1 amide bonds. The second-order valence-electron chi connectivity index (χ2n) is 6.67. The van der Waals surface area contributed by atoms with Crippen LogP contribution in [0.15, 0.2) is 6.20 Å². The molecule has 2 heterocycles. The minimum atomic E-state index is -1.38. The molecule has 0 unspecified atom stereocenters. The summed E-state index contributed by atoms with van der Waals surface area (Å²) in [5.74, 6) is -0.432. The van der Waals surface area contributed by atoms with E-state index >= 15 is 0 Å². The quantitative estimate of drug-likeness (QED) is 0.197. The van der Waals surface area contributed by atoms with Crippen LogP contribution in [0, 0.1) is 0 Å². The van der Waals surface area contributed by atoms with E-state index in [-0.39, 0.29) is 19.8 Å². The van der Waals surface area contributed by atoms with Gasteiger partial charge in [0.1, 0.15) is 30.0 Å². The average molecular weight is 434 g/mol. The second-order valence-corrected chi connectivity index (χ2v) is 6.67. The van der Waals surface area contributed by atoms with E-state index in [9.17, 15) is 20.1 Å². The summed E-state index contributed by atoms with van der Waals surface area (Å²) in [6.45, 7) is 2.60. The van der Waals surface area contributed by atoms with Crippen LogP contribution < -0.4 is 5.32 Å². The Bertz CT molecular complexity index is 632. The summed E-state index contributed by atoms with van der Waals surface area (Å²) in [6.07, 6.45) is -3.25. The highest BCUT2D eigenvalue weighted by Crippen LogP contribution is 2.22. The molecule has 30 heavy (non-hydrogen) atoms. The SMILES string of the molecule is CC(=O)N[C@H]1[C@@H](OCc2cn(CCOCCOCCO)nn2)O[C@H](CO)[C@H](O)[C@@H]1O. The van der Waals surface area contributed by atoms with Crippen LogP contribution in [0.3, 0.4) is 0 Å². The second kappa shape index (κ2) is 12.9. The number of aromatic nitrogens is 3. The summed E-state index contributed by atoms with van der Waals surface area (Å²) in [6, 6.07) is -1.02. The van der Waals surface area contributed by atoms with Crippen LogP contribution >= 0.6 is 0 Å². The Hall–Kier alpha value is -1.71. The number of aliphatic hydroxyl groups excluding tert-OH is 4. The summed E-state index contributed by atoms with van der Waals surface area (Å²) in [7, 11) is 0. The number of carbonyl (C=O) groups is 1. The first-order chi connectivity index (χ1) is 14.5. The molecule has 0 saturated carbocycles. The third-order valence-corrected chi connectivity index (χ3v) is 4.30. The highest BCUT2D eigenvalue weighted by Gasteiger charge is 2.45. The Kier molecular flexibility index (Phi) is 10.5. The predicted octanol–water partition coefficient (Wildman–Crippen LogP) is -3.24. The molecular formula is C17H30N4O9. The molecule has 1 saturated heterocycles. The number of nitrogens with one attached hydrogen (secondary N) is 1. The Labute approximate surface area is 173 Å². The van der Waals surface area contributed by atoms with Crippen molar-refractivity contribution in [2.45, 2.75) is 50.7 Å². The lowest BCUT2D eigenvalue weighted by Gasteiger charge is -2.42. The zero-order valence-electron chi connectivity index (χ0n) is 16.8. The smallest absolute Gasteiger partial charge is 0.217 e. The molecule has 5 N–H and O–H groups in total. The van der Waals surface area contributed by atoms with Crippen molar-refractivity contribution in [2.24, 2.45) is 0 Å². The van der Waals surface area contributed by atoms with Gasteiger partial charge in [-0.15, -0.1) is 5.10 Å². The lowest BCUT2D eigenvalue weighted by atomic mass is 9.97. The maximum absolute atomic E-state index is 11.4. The molecule has 0 bridgehead atoms. The minimum Gasteiger partial charge on any atom is -0.394 e. The van der Waals surface area contributed by atoms with E-state index in [2.05, 4.69) is 15.6 Å². The number of aliphatic hydroxyl groups is 4. The Morgan fingerprint density at radius 3 is 2.60 bits per heavy atom. The number of hydrogen-bond donors (Lipinski definition) is 5. The molecule has 0 aliphatic carbocycles. The largest absolute Gasteiger partial charge is 0.394 e. The summed E-state index contributed by atoms with van der Waals surface area (Å²) >= 11 is 0. The fraction of sp³-hybridized carbons (Fsp3) is 0.824. The van der Waals surface area contributed by atoms with E-state index in [1.807, 2.05) is 0 Å². The number of carbonyl (C=O) groups excluding carboxylic acids is 1. The molecule has 0 spiro atoms. The van der Waals surface area contributed by atoms with Crippen molar-refractivity contribution in [2.75, 3.05) is 39.6 Å². The van der Waals surface area contributed by atoms with Crippen LogP contribution in [0.2, 0.25) is 0 Å². The van der Waals surface area contributed by atoms with Crippen LogP contribution in [0.1, 0.15) is 12.6 Å². The minimum absolute atomic E-state index is 0.0263. The Morgan fingerprint density at radius 1 is 1.20 bits per heavy atom. The fourth-order valence-corrected chi connectivity index (χ4v) is 2.84. The number of ether oxygens (including phenoxy) is 4. The van der Waals surface area contributed by atoms with Gasteiger partial charge in [-0.1, -0.05) is 5.21 Å². The van der Waals surface area contributed by atoms with Crippen LogP contribution in [-0.2, 0) is 36.9 Å². The molecule has 13 nitrogen and oxygen atoms in total. The van der Waals surface area contributed by atoms with Gasteiger partial charge in [-0.25, -0.2) is 4.68 Å². The van der Waals surface area contributed by atoms with Crippen molar-refractivity contribution in [3.05, 3.63) is 11.9 Å². The van der Waals surface area contributed by atoms with Crippen molar-refractivity contribution in [1.29, 1.82) is 0 Å². The first-order valence-corrected chi connectivity index (χ1v) is 9.62. The molecule has 172 valence electrons. The van der Waals surface area contributed by atoms with Gasteiger partial charge in [0.2, 0.25) is 5.91 Å². The normalized spacial score (nSPS) is 26.6. The van der Waals surface area contributed by atoms with E-state index in [4.69, 9.17) is 24.1 Å². The number of nitrogens with zero attached hydrogens (tertiary/aromatic N) is 3. The molecule has 5 atom stereocenters. The highest BCUT2D eigenvalue weighted by atomic mass is 16.7. The van der Waals surface area contributed by atoms with Gasteiger partial charge in [-0.05, 0) is 0 Å². The lowest BCUT2D eigenvalue weighted by molar-refractivity contribution is -0.273. The Balaban J connectivity index is 1.81. The maximum atomic E-state index is 11.4. The van der Waals surface area contributed by atoms with Gasteiger partial charge >= 0.3 is 0 Å². The van der Waals surface area contributed by atoms with Crippen molar-refractivity contribution in [3.63, 3.8) is 0 Å². The zero-order chi connectivity index (χ0) is 21.9. The molecule has 0 aromatic carbocycles. The Morgan fingerprint density at radius 2 is 1.93 bits per heavy atom. The monoisotopic (exact) mass is 434 g/mol. The molecule has 2 rings (SSSR count). The van der Waals surface area contributed by atoms with Gasteiger partial charge in [0.25, 0.3) is 0 Å². The topological polar surface area (TPSA) is 178 Å². The molecular weight excluding hydrogens is 404 g/mol. The summed E-state index contributed by atoms with van der Waals surface area (Å²) < 4.78 is 23.1. The number of amides is 1. The van der Waals surface area contributed by atoms with Crippen LogP contribution in [0.25, 0.3) is 0 Å². The first-order valence-electron chi connectivity index (χ1n) is 9.62. The van der Waals surface area contributed by atoms with E-state index in [1.54, 1.807) is 10.9 Å². The molecule has 1 fully saturated rings. The van der Waals surface area contributed by atoms with Crippen LogP contribution in [0.5, 0.6) is 0 Å².